The molecule has 0 saturated heterocycles. The van der Waals surface area contributed by atoms with Gasteiger partial charge < -0.3 is 4.74 Å². The van der Waals surface area contributed by atoms with Crippen LogP contribution in [0.2, 0.25) is 0 Å². The highest BCUT2D eigenvalue weighted by atomic mass is 16.5. The summed E-state index contributed by atoms with van der Waals surface area (Å²) in [5.74, 6) is 1.32. The van der Waals surface area contributed by atoms with Crippen LogP contribution in [0.4, 0.5) is 0 Å². The van der Waals surface area contributed by atoms with Gasteiger partial charge in [-0.25, -0.2) is 0 Å². The zero-order chi connectivity index (χ0) is 9.97. The molecule has 78 valence electrons. The minimum atomic E-state index is -0.00810. The molecule has 2 aliphatic carbocycles. The predicted octanol–water partition coefficient (Wildman–Crippen LogP) is 2.54. The molecule has 2 aliphatic rings. The van der Waals surface area contributed by atoms with Crippen molar-refractivity contribution in [3.05, 3.63) is 12.2 Å². The molecular weight excluding hydrogens is 176 g/mol. The standard InChI is InChI=1S/C12H18O2/c1-14-12(13)11-8-4-6-9-5-2-3-7-10(9)11/h4,6,9-11H,2-3,5,7-8H2,1H3/t9-,10-,11-/m1/s1. The quantitative estimate of drug-likeness (QED) is 0.473. The Hall–Kier alpha value is -0.790. The molecule has 1 saturated carbocycles. The van der Waals surface area contributed by atoms with Crippen molar-refractivity contribution in [2.75, 3.05) is 7.11 Å². The molecule has 0 aromatic rings. The minimum absolute atomic E-state index is 0.00810. The number of carbonyl (C=O) groups excluding carboxylic acids is 1. The summed E-state index contributed by atoms with van der Waals surface area (Å²) in [5.41, 5.74) is 0. The molecule has 0 aromatic carbocycles. The lowest BCUT2D eigenvalue weighted by molar-refractivity contribution is -0.148. The van der Waals surface area contributed by atoms with Crippen LogP contribution in [-0.4, -0.2) is 13.1 Å². The number of carbonyl (C=O) groups is 1. The molecule has 0 N–H and O–H groups in total. The van der Waals surface area contributed by atoms with E-state index in [1.807, 2.05) is 0 Å². The lowest BCUT2D eigenvalue weighted by Gasteiger charge is -2.36. The second-order valence-electron chi connectivity index (χ2n) is 4.41. The Morgan fingerprint density at radius 1 is 1.36 bits per heavy atom. The van der Waals surface area contributed by atoms with Crippen molar-refractivity contribution in [2.24, 2.45) is 17.8 Å². The molecule has 0 aliphatic heterocycles. The highest BCUT2D eigenvalue weighted by Gasteiger charge is 2.36. The van der Waals surface area contributed by atoms with E-state index in [0.717, 1.165) is 6.42 Å². The van der Waals surface area contributed by atoms with Crippen LogP contribution < -0.4 is 0 Å². The van der Waals surface area contributed by atoms with Gasteiger partial charge in [-0.15, -0.1) is 0 Å². The van der Waals surface area contributed by atoms with Gasteiger partial charge in [0.15, 0.2) is 0 Å². The molecule has 0 radical (unpaired) electrons. The zero-order valence-corrected chi connectivity index (χ0v) is 8.74. The second kappa shape index (κ2) is 4.16. The number of rotatable bonds is 1. The van der Waals surface area contributed by atoms with Crippen LogP contribution in [0.15, 0.2) is 12.2 Å². The third-order valence-corrected chi connectivity index (χ3v) is 3.67. The molecule has 3 atom stereocenters. The minimum Gasteiger partial charge on any atom is -0.469 e. The number of hydrogen-bond donors (Lipinski definition) is 0. The highest BCUT2D eigenvalue weighted by molar-refractivity contribution is 5.73. The smallest absolute Gasteiger partial charge is 0.309 e. The van der Waals surface area contributed by atoms with Gasteiger partial charge in [-0.2, -0.15) is 0 Å². The molecule has 0 bridgehead atoms. The molecule has 0 unspecified atom stereocenters. The highest BCUT2D eigenvalue weighted by Crippen LogP contribution is 2.40. The first-order valence-corrected chi connectivity index (χ1v) is 5.57. The van der Waals surface area contributed by atoms with Crippen LogP contribution in [0.3, 0.4) is 0 Å². The van der Waals surface area contributed by atoms with E-state index in [1.165, 1.54) is 32.8 Å². The van der Waals surface area contributed by atoms with Gasteiger partial charge in [-0.05, 0) is 31.1 Å². The van der Waals surface area contributed by atoms with Gasteiger partial charge in [0.05, 0.1) is 13.0 Å². The number of ether oxygens (including phenoxy) is 1. The first-order chi connectivity index (χ1) is 6.83. The van der Waals surface area contributed by atoms with Crippen molar-refractivity contribution in [1.29, 1.82) is 0 Å². The largest absolute Gasteiger partial charge is 0.469 e. The fourth-order valence-electron chi connectivity index (χ4n) is 2.92. The van der Waals surface area contributed by atoms with E-state index in [0.29, 0.717) is 11.8 Å². The first-order valence-electron chi connectivity index (χ1n) is 5.57. The number of fused-ring (bicyclic) bond motifs is 1. The summed E-state index contributed by atoms with van der Waals surface area (Å²) >= 11 is 0. The SMILES string of the molecule is COC(=O)[C@@H]1CC=C[C@H]2CCCC[C@H]21. The molecule has 14 heavy (non-hydrogen) atoms. The maximum Gasteiger partial charge on any atom is 0.309 e. The number of esters is 1. The Balaban J connectivity index is 2.11. The van der Waals surface area contributed by atoms with Crippen LogP contribution in [0.25, 0.3) is 0 Å². The molecule has 1 fully saturated rings. The van der Waals surface area contributed by atoms with E-state index < -0.39 is 0 Å². The van der Waals surface area contributed by atoms with Gasteiger partial charge in [0, 0.05) is 0 Å². The van der Waals surface area contributed by atoms with E-state index in [1.54, 1.807) is 0 Å². The normalized spacial score (nSPS) is 36.2. The van der Waals surface area contributed by atoms with Gasteiger partial charge >= 0.3 is 5.97 Å². The van der Waals surface area contributed by atoms with E-state index in [-0.39, 0.29) is 11.9 Å². The third kappa shape index (κ3) is 1.70. The third-order valence-electron chi connectivity index (χ3n) is 3.67. The molecule has 2 heteroatoms. The zero-order valence-electron chi connectivity index (χ0n) is 8.74. The summed E-state index contributed by atoms with van der Waals surface area (Å²) in [7, 11) is 1.50. The monoisotopic (exact) mass is 194 g/mol. The van der Waals surface area contributed by atoms with Crippen molar-refractivity contribution >= 4 is 5.97 Å². The van der Waals surface area contributed by atoms with Crippen molar-refractivity contribution < 1.29 is 9.53 Å². The Labute approximate surface area is 85.3 Å². The van der Waals surface area contributed by atoms with Crippen molar-refractivity contribution in [2.45, 2.75) is 32.1 Å². The van der Waals surface area contributed by atoms with Gasteiger partial charge in [0.2, 0.25) is 0 Å². The predicted molar refractivity (Wildman–Crippen MR) is 54.7 cm³/mol. The van der Waals surface area contributed by atoms with Crippen molar-refractivity contribution in [3.8, 4) is 0 Å². The maximum absolute atomic E-state index is 11.6. The van der Waals surface area contributed by atoms with E-state index >= 15 is 0 Å². The maximum atomic E-state index is 11.6. The molecular formula is C12H18O2. The molecule has 0 amide bonds. The number of methoxy groups -OCH3 is 1. The summed E-state index contributed by atoms with van der Waals surface area (Å²) in [5, 5.41) is 0. The average Bonchev–Trinajstić information content (AvgIpc) is 2.27. The van der Waals surface area contributed by atoms with Gasteiger partial charge in [-0.1, -0.05) is 25.0 Å². The molecule has 2 nitrogen and oxygen atoms in total. The van der Waals surface area contributed by atoms with E-state index in [9.17, 15) is 4.79 Å². The van der Waals surface area contributed by atoms with Gasteiger partial charge in [0.1, 0.15) is 0 Å². The summed E-state index contributed by atoms with van der Waals surface area (Å²) in [6, 6.07) is 0. The van der Waals surface area contributed by atoms with Crippen LogP contribution >= 0.6 is 0 Å². The van der Waals surface area contributed by atoms with E-state index in [2.05, 4.69) is 12.2 Å². The Bertz CT molecular complexity index is 245. The lowest BCUT2D eigenvalue weighted by Crippen LogP contribution is -2.33. The Morgan fingerprint density at radius 3 is 2.93 bits per heavy atom. The fraction of sp³-hybridized carbons (Fsp3) is 0.750. The van der Waals surface area contributed by atoms with Crippen LogP contribution in [0, 0.1) is 17.8 Å². The Kier molecular flexibility index (Phi) is 2.90. The molecule has 0 aromatic heterocycles. The lowest BCUT2D eigenvalue weighted by atomic mass is 9.68. The Morgan fingerprint density at radius 2 is 2.14 bits per heavy atom. The van der Waals surface area contributed by atoms with Crippen LogP contribution in [0.1, 0.15) is 32.1 Å². The molecule has 0 spiro atoms. The number of hydrogen-bond acceptors (Lipinski definition) is 2. The second-order valence-corrected chi connectivity index (χ2v) is 4.41. The molecule has 0 heterocycles. The average molecular weight is 194 g/mol. The first kappa shape index (κ1) is 9.75. The van der Waals surface area contributed by atoms with Crippen molar-refractivity contribution in [3.63, 3.8) is 0 Å². The summed E-state index contributed by atoms with van der Waals surface area (Å²) < 4.78 is 4.87. The fourth-order valence-corrected chi connectivity index (χ4v) is 2.92. The summed E-state index contributed by atoms with van der Waals surface area (Å²) in [4.78, 5) is 11.6. The van der Waals surface area contributed by atoms with Gasteiger partial charge in [0.25, 0.3) is 0 Å². The van der Waals surface area contributed by atoms with E-state index in [4.69, 9.17) is 4.74 Å². The summed E-state index contributed by atoms with van der Waals surface area (Å²) in [6.45, 7) is 0. The molecule has 2 rings (SSSR count). The topological polar surface area (TPSA) is 26.3 Å². The van der Waals surface area contributed by atoms with Crippen LogP contribution in [-0.2, 0) is 9.53 Å². The number of allylic oxidation sites excluding steroid dienone is 2. The summed E-state index contributed by atoms with van der Waals surface area (Å²) in [6.07, 6.45) is 10.4. The van der Waals surface area contributed by atoms with Crippen molar-refractivity contribution in [1.82, 2.24) is 0 Å². The van der Waals surface area contributed by atoms with Crippen LogP contribution in [0.5, 0.6) is 0 Å². The van der Waals surface area contributed by atoms with Gasteiger partial charge in [-0.3, -0.25) is 4.79 Å².